The van der Waals surface area contributed by atoms with E-state index < -0.39 is 12.4 Å². The Hall–Kier alpha value is -1.10. The van der Waals surface area contributed by atoms with Crippen molar-refractivity contribution in [3.8, 4) is 0 Å². The van der Waals surface area contributed by atoms with Crippen LogP contribution in [0.3, 0.4) is 0 Å². The summed E-state index contributed by atoms with van der Waals surface area (Å²) in [6, 6.07) is 0. The van der Waals surface area contributed by atoms with Gasteiger partial charge in [0.2, 0.25) is 5.91 Å². The summed E-state index contributed by atoms with van der Waals surface area (Å²) in [5.74, 6) is -1.15. The van der Waals surface area contributed by atoms with Crippen LogP contribution < -0.4 is 0 Å². The minimum absolute atomic E-state index is 0.233. The normalized spacial score (nSPS) is 25.3. The summed E-state index contributed by atoms with van der Waals surface area (Å²) >= 11 is 0. The molecule has 1 fully saturated rings. The molecule has 0 atom stereocenters. The molecule has 0 heterocycles. The van der Waals surface area contributed by atoms with Crippen LogP contribution in [0.2, 0.25) is 0 Å². The van der Waals surface area contributed by atoms with Crippen molar-refractivity contribution in [2.75, 3.05) is 13.6 Å². The molecule has 0 saturated heterocycles. The highest BCUT2D eigenvalue weighted by atomic mass is 16.4. The number of aliphatic hydroxyl groups excluding tert-OH is 1. The Kier molecular flexibility index (Phi) is 3.46. The van der Waals surface area contributed by atoms with Crippen LogP contribution in [-0.4, -0.2) is 46.7 Å². The molecule has 0 bridgehead atoms. The fraction of sp³-hybridized carbons (Fsp3) is 0.778. The van der Waals surface area contributed by atoms with Gasteiger partial charge in [-0.2, -0.15) is 0 Å². The molecule has 5 nitrogen and oxygen atoms in total. The Labute approximate surface area is 82.3 Å². The van der Waals surface area contributed by atoms with Crippen molar-refractivity contribution in [1.82, 2.24) is 4.90 Å². The lowest BCUT2D eigenvalue weighted by atomic mass is 9.82. The number of hydrogen-bond acceptors (Lipinski definition) is 3. The molecule has 0 aromatic heterocycles. The Morgan fingerprint density at radius 1 is 1.43 bits per heavy atom. The summed E-state index contributed by atoms with van der Waals surface area (Å²) in [6.45, 7) is 0.545. The summed E-state index contributed by atoms with van der Waals surface area (Å²) in [7, 11) is 1.59. The third kappa shape index (κ3) is 2.99. The first kappa shape index (κ1) is 11.0. The van der Waals surface area contributed by atoms with E-state index in [4.69, 9.17) is 10.2 Å². The second kappa shape index (κ2) is 4.41. The Morgan fingerprint density at radius 3 is 2.43 bits per heavy atom. The Bertz CT molecular complexity index is 235. The molecule has 80 valence electrons. The number of amides is 1. The first-order valence-electron chi connectivity index (χ1n) is 4.63. The molecule has 0 spiro atoms. The van der Waals surface area contributed by atoms with Gasteiger partial charge in [-0.1, -0.05) is 0 Å². The zero-order valence-electron chi connectivity index (χ0n) is 8.14. The number of rotatable bonds is 4. The van der Waals surface area contributed by atoms with E-state index in [1.165, 1.54) is 4.90 Å². The van der Waals surface area contributed by atoms with E-state index in [9.17, 15) is 9.59 Å². The van der Waals surface area contributed by atoms with E-state index in [1.807, 2.05) is 0 Å². The summed E-state index contributed by atoms with van der Waals surface area (Å²) in [5, 5.41) is 17.4. The van der Waals surface area contributed by atoms with Crippen molar-refractivity contribution in [2.24, 2.45) is 5.92 Å². The largest absolute Gasteiger partial charge is 0.481 e. The van der Waals surface area contributed by atoms with Gasteiger partial charge in [-0.15, -0.1) is 0 Å². The van der Waals surface area contributed by atoms with Crippen LogP contribution in [0.5, 0.6) is 0 Å². The van der Waals surface area contributed by atoms with Crippen LogP contribution in [0.1, 0.15) is 19.3 Å². The molecule has 1 amide bonds. The van der Waals surface area contributed by atoms with Crippen LogP contribution in [0.4, 0.5) is 0 Å². The monoisotopic (exact) mass is 201 g/mol. The van der Waals surface area contributed by atoms with Gasteiger partial charge in [0.05, 0.1) is 6.10 Å². The van der Waals surface area contributed by atoms with Crippen molar-refractivity contribution in [3.63, 3.8) is 0 Å². The average molecular weight is 201 g/mol. The van der Waals surface area contributed by atoms with Gasteiger partial charge >= 0.3 is 5.97 Å². The molecule has 0 aromatic rings. The van der Waals surface area contributed by atoms with Gasteiger partial charge in [-0.05, 0) is 18.8 Å². The topological polar surface area (TPSA) is 77.8 Å². The van der Waals surface area contributed by atoms with E-state index in [2.05, 4.69) is 0 Å². The summed E-state index contributed by atoms with van der Waals surface area (Å²) in [6.07, 6.45) is 0.740. The Morgan fingerprint density at radius 2 is 2.00 bits per heavy atom. The molecule has 0 aliphatic heterocycles. The van der Waals surface area contributed by atoms with E-state index in [1.54, 1.807) is 7.05 Å². The minimum Gasteiger partial charge on any atom is -0.481 e. The van der Waals surface area contributed by atoms with Gasteiger partial charge < -0.3 is 15.1 Å². The summed E-state index contributed by atoms with van der Waals surface area (Å²) in [4.78, 5) is 22.9. The lowest BCUT2D eigenvalue weighted by Crippen LogP contribution is -2.40. The zero-order chi connectivity index (χ0) is 10.7. The summed E-state index contributed by atoms with van der Waals surface area (Å²) < 4.78 is 0. The second-order valence-corrected chi connectivity index (χ2v) is 3.84. The molecule has 1 saturated carbocycles. The Balaban J connectivity index is 2.24. The number of aliphatic carboxylic acids is 1. The number of hydrogen-bond donors (Lipinski definition) is 2. The molecule has 1 aliphatic carbocycles. The summed E-state index contributed by atoms with van der Waals surface area (Å²) in [5.41, 5.74) is 0. The number of carbonyl (C=O) groups excluding carboxylic acids is 1. The molecule has 0 aromatic carbocycles. The standard InChI is InChI=1S/C9H15NO4/c1-10(8(12)4-9(13)14)5-6-2-7(11)3-6/h6-7,11H,2-5H2,1H3,(H,13,14). The first-order chi connectivity index (χ1) is 6.49. The highest BCUT2D eigenvalue weighted by Gasteiger charge is 2.29. The van der Waals surface area contributed by atoms with Crippen LogP contribution in [0.15, 0.2) is 0 Å². The maximum atomic E-state index is 11.2. The third-order valence-electron chi connectivity index (χ3n) is 2.47. The predicted octanol–water partition coefficient (Wildman–Crippen LogP) is -0.310. The number of carboxylic acid groups (broad SMARTS) is 1. The van der Waals surface area contributed by atoms with Crippen LogP contribution in [0.25, 0.3) is 0 Å². The van der Waals surface area contributed by atoms with Crippen molar-refractivity contribution >= 4 is 11.9 Å². The fourth-order valence-corrected chi connectivity index (χ4v) is 1.60. The number of nitrogens with zero attached hydrogens (tertiary/aromatic N) is 1. The third-order valence-corrected chi connectivity index (χ3v) is 2.47. The first-order valence-corrected chi connectivity index (χ1v) is 4.63. The van der Waals surface area contributed by atoms with Crippen LogP contribution in [0, 0.1) is 5.92 Å². The van der Waals surface area contributed by atoms with E-state index in [0.717, 1.165) is 0 Å². The van der Waals surface area contributed by atoms with Crippen LogP contribution >= 0.6 is 0 Å². The number of aliphatic hydroxyl groups is 1. The van der Waals surface area contributed by atoms with Gasteiger partial charge in [0.1, 0.15) is 6.42 Å². The van der Waals surface area contributed by atoms with Crippen LogP contribution in [-0.2, 0) is 9.59 Å². The highest BCUT2D eigenvalue weighted by molar-refractivity contribution is 5.93. The number of carboxylic acids is 1. The molecule has 14 heavy (non-hydrogen) atoms. The maximum absolute atomic E-state index is 11.2. The minimum atomic E-state index is -1.10. The predicted molar refractivity (Wildman–Crippen MR) is 48.6 cm³/mol. The quantitative estimate of drug-likeness (QED) is 0.612. The van der Waals surface area contributed by atoms with Gasteiger partial charge in [0.15, 0.2) is 0 Å². The fourth-order valence-electron chi connectivity index (χ4n) is 1.60. The smallest absolute Gasteiger partial charge is 0.312 e. The van der Waals surface area contributed by atoms with Gasteiger partial charge in [-0.3, -0.25) is 9.59 Å². The van der Waals surface area contributed by atoms with E-state index in [0.29, 0.717) is 25.3 Å². The van der Waals surface area contributed by atoms with Gasteiger partial charge in [0.25, 0.3) is 0 Å². The van der Waals surface area contributed by atoms with E-state index >= 15 is 0 Å². The van der Waals surface area contributed by atoms with Crippen molar-refractivity contribution in [2.45, 2.75) is 25.4 Å². The second-order valence-electron chi connectivity index (χ2n) is 3.84. The van der Waals surface area contributed by atoms with Crippen molar-refractivity contribution < 1.29 is 19.8 Å². The van der Waals surface area contributed by atoms with Gasteiger partial charge in [-0.25, -0.2) is 0 Å². The number of carbonyl (C=O) groups is 2. The molecular weight excluding hydrogens is 186 g/mol. The lowest BCUT2D eigenvalue weighted by Gasteiger charge is -2.34. The molecular formula is C9H15NO4. The maximum Gasteiger partial charge on any atom is 0.312 e. The molecule has 2 N–H and O–H groups in total. The van der Waals surface area contributed by atoms with Crippen molar-refractivity contribution in [3.05, 3.63) is 0 Å². The van der Waals surface area contributed by atoms with Gasteiger partial charge in [0, 0.05) is 13.6 Å². The molecule has 0 radical (unpaired) electrons. The lowest BCUT2D eigenvalue weighted by molar-refractivity contribution is -0.144. The molecule has 0 unspecified atom stereocenters. The van der Waals surface area contributed by atoms with E-state index in [-0.39, 0.29) is 12.0 Å². The molecule has 5 heteroatoms. The highest BCUT2D eigenvalue weighted by Crippen LogP contribution is 2.27. The average Bonchev–Trinajstić information content (AvgIpc) is 2.00. The zero-order valence-corrected chi connectivity index (χ0v) is 8.14. The molecule has 1 aliphatic rings. The van der Waals surface area contributed by atoms with Crippen molar-refractivity contribution in [1.29, 1.82) is 0 Å². The molecule has 1 rings (SSSR count). The SMILES string of the molecule is CN(CC1CC(O)C1)C(=O)CC(=O)O.